The molecular weight excluding hydrogens is 186 g/mol. The van der Waals surface area contributed by atoms with Crippen LogP contribution in [0.4, 0.5) is 0 Å². The molecule has 1 heterocycles. The lowest BCUT2D eigenvalue weighted by Crippen LogP contribution is -2.27. The summed E-state index contributed by atoms with van der Waals surface area (Å²) in [5.41, 5.74) is 1.69. The average molecular weight is 203 g/mol. The molecule has 0 amide bonds. The number of benzene rings is 1. The molecule has 0 saturated carbocycles. The molecule has 0 aliphatic carbocycles. The van der Waals surface area contributed by atoms with E-state index in [-0.39, 0.29) is 5.60 Å². The van der Waals surface area contributed by atoms with Crippen LogP contribution in [0, 0.1) is 5.41 Å². The van der Waals surface area contributed by atoms with E-state index in [4.69, 9.17) is 10.1 Å². The molecule has 1 atom stereocenters. The highest BCUT2D eigenvalue weighted by Gasteiger charge is 2.30. The van der Waals surface area contributed by atoms with Gasteiger partial charge in [-0.3, -0.25) is 0 Å². The van der Waals surface area contributed by atoms with Gasteiger partial charge in [0.25, 0.3) is 0 Å². The second-order valence-corrected chi connectivity index (χ2v) is 4.33. The van der Waals surface area contributed by atoms with Crippen LogP contribution in [0.2, 0.25) is 0 Å². The highest BCUT2D eigenvalue weighted by Crippen LogP contribution is 2.32. The summed E-state index contributed by atoms with van der Waals surface area (Å²) >= 11 is 0. The third-order valence-electron chi connectivity index (χ3n) is 2.98. The van der Waals surface area contributed by atoms with Crippen molar-refractivity contribution in [1.29, 1.82) is 5.41 Å². The number of nitrogens with one attached hydrogen (secondary N) is 1. The van der Waals surface area contributed by atoms with Crippen molar-refractivity contribution in [3.05, 3.63) is 35.9 Å². The van der Waals surface area contributed by atoms with Crippen molar-refractivity contribution in [2.24, 2.45) is 0 Å². The van der Waals surface area contributed by atoms with Crippen LogP contribution in [0.3, 0.4) is 0 Å². The predicted molar refractivity (Wildman–Crippen MR) is 61.3 cm³/mol. The lowest BCUT2D eigenvalue weighted by atomic mass is 9.90. The van der Waals surface area contributed by atoms with Gasteiger partial charge in [0.15, 0.2) is 0 Å². The summed E-state index contributed by atoms with van der Waals surface area (Å²) in [5, 5.41) is 7.85. The van der Waals surface area contributed by atoms with Gasteiger partial charge in [-0.25, -0.2) is 0 Å². The van der Waals surface area contributed by atoms with E-state index in [1.165, 1.54) is 5.56 Å². The van der Waals surface area contributed by atoms with Crippen molar-refractivity contribution >= 4 is 5.71 Å². The minimum atomic E-state index is -0.297. The Morgan fingerprint density at radius 1 is 1.27 bits per heavy atom. The monoisotopic (exact) mass is 203 g/mol. The molecule has 0 radical (unpaired) electrons. The third kappa shape index (κ3) is 2.26. The minimum absolute atomic E-state index is 0.297. The topological polar surface area (TPSA) is 33.1 Å². The number of rotatable bonds is 1. The van der Waals surface area contributed by atoms with Gasteiger partial charge in [-0.1, -0.05) is 30.3 Å². The van der Waals surface area contributed by atoms with E-state index in [9.17, 15) is 0 Å². The Balaban J connectivity index is 2.28. The maximum absolute atomic E-state index is 7.85. The SMILES string of the molecule is CC1(c2ccccc2)CC(=N)CCCO1. The number of ether oxygens (including phenoxy) is 1. The molecule has 0 spiro atoms. The first-order valence-electron chi connectivity index (χ1n) is 5.46. The van der Waals surface area contributed by atoms with Gasteiger partial charge in [0.05, 0.1) is 5.60 Å². The maximum Gasteiger partial charge on any atom is 0.0954 e. The van der Waals surface area contributed by atoms with Gasteiger partial charge in [0.1, 0.15) is 0 Å². The van der Waals surface area contributed by atoms with E-state index in [0.29, 0.717) is 0 Å². The molecule has 1 saturated heterocycles. The molecule has 0 bridgehead atoms. The van der Waals surface area contributed by atoms with Crippen LogP contribution in [0.5, 0.6) is 0 Å². The van der Waals surface area contributed by atoms with Gasteiger partial charge >= 0.3 is 0 Å². The average Bonchev–Trinajstić information content (AvgIpc) is 2.42. The first-order chi connectivity index (χ1) is 7.21. The fourth-order valence-corrected chi connectivity index (χ4v) is 2.11. The second-order valence-electron chi connectivity index (χ2n) is 4.33. The highest BCUT2D eigenvalue weighted by molar-refractivity contribution is 5.82. The van der Waals surface area contributed by atoms with Crippen molar-refractivity contribution in [1.82, 2.24) is 0 Å². The summed E-state index contributed by atoms with van der Waals surface area (Å²) in [6.45, 7) is 2.84. The zero-order valence-electron chi connectivity index (χ0n) is 9.12. The molecule has 2 nitrogen and oxygen atoms in total. The largest absolute Gasteiger partial charge is 0.370 e. The summed E-state index contributed by atoms with van der Waals surface area (Å²) in [6.07, 6.45) is 2.57. The fourth-order valence-electron chi connectivity index (χ4n) is 2.11. The van der Waals surface area contributed by atoms with Gasteiger partial charge in [-0.2, -0.15) is 0 Å². The van der Waals surface area contributed by atoms with Crippen molar-refractivity contribution in [2.45, 2.75) is 31.8 Å². The third-order valence-corrected chi connectivity index (χ3v) is 2.98. The lowest BCUT2D eigenvalue weighted by Gasteiger charge is -2.28. The first-order valence-corrected chi connectivity index (χ1v) is 5.46. The first kappa shape index (κ1) is 10.4. The van der Waals surface area contributed by atoms with Crippen molar-refractivity contribution < 1.29 is 4.74 Å². The van der Waals surface area contributed by atoms with Crippen LogP contribution >= 0.6 is 0 Å². The summed E-state index contributed by atoms with van der Waals surface area (Å²) in [5.74, 6) is 0. The fraction of sp³-hybridized carbons (Fsp3) is 0.462. The molecule has 2 heteroatoms. The lowest BCUT2D eigenvalue weighted by molar-refractivity contribution is -0.0260. The normalized spacial score (nSPS) is 27.4. The molecule has 1 unspecified atom stereocenters. The zero-order valence-corrected chi connectivity index (χ0v) is 9.12. The molecular formula is C13H17NO. The summed E-state index contributed by atoms with van der Waals surface area (Å²) < 4.78 is 5.91. The molecule has 1 aromatic rings. The Kier molecular flexibility index (Phi) is 2.87. The maximum atomic E-state index is 7.85. The van der Waals surface area contributed by atoms with Crippen LogP contribution in [-0.4, -0.2) is 12.3 Å². The van der Waals surface area contributed by atoms with Crippen molar-refractivity contribution in [2.75, 3.05) is 6.61 Å². The Morgan fingerprint density at radius 2 is 2.00 bits per heavy atom. The summed E-state index contributed by atoms with van der Waals surface area (Å²) in [4.78, 5) is 0. The summed E-state index contributed by atoms with van der Waals surface area (Å²) in [6, 6.07) is 10.2. The van der Waals surface area contributed by atoms with Gasteiger partial charge in [0.2, 0.25) is 0 Å². The molecule has 1 N–H and O–H groups in total. The Bertz CT molecular complexity index is 347. The predicted octanol–water partition coefficient (Wildman–Crippen LogP) is 3.12. The van der Waals surface area contributed by atoms with Crippen LogP contribution in [0.25, 0.3) is 0 Å². The second kappa shape index (κ2) is 4.15. The molecule has 15 heavy (non-hydrogen) atoms. The quantitative estimate of drug-likeness (QED) is 0.747. The Labute approximate surface area is 90.8 Å². The Morgan fingerprint density at radius 3 is 2.73 bits per heavy atom. The minimum Gasteiger partial charge on any atom is -0.370 e. The van der Waals surface area contributed by atoms with Gasteiger partial charge in [-0.15, -0.1) is 0 Å². The van der Waals surface area contributed by atoms with Crippen molar-refractivity contribution in [3.8, 4) is 0 Å². The molecule has 1 aliphatic rings. The van der Waals surface area contributed by atoms with Crippen LogP contribution in [0.1, 0.15) is 31.7 Å². The van der Waals surface area contributed by atoms with E-state index < -0.39 is 0 Å². The van der Waals surface area contributed by atoms with Gasteiger partial charge in [-0.05, 0) is 25.3 Å². The molecule has 1 aromatic carbocycles. The van der Waals surface area contributed by atoms with Gasteiger partial charge in [0, 0.05) is 18.7 Å². The van der Waals surface area contributed by atoms with Crippen LogP contribution in [0.15, 0.2) is 30.3 Å². The van der Waals surface area contributed by atoms with E-state index in [0.717, 1.165) is 31.6 Å². The molecule has 1 aliphatic heterocycles. The van der Waals surface area contributed by atoms with E-state index in [1.807, 2.05) is 18.2 Å². The van der Waals surface area contributed by atoms with E-state index in [1.54, 1.807) is 0 Å². The number of hydrogen-bond donors (Lipinski definition) is 1. The highest BCUT2D eigenvalue weighted by atomic mass is 16.5. The zero-order chi connectivity index (χ0) is 10.7. The molecule has 80 valence electrons. The molecule has 1 fully saturated rings. The Hall–Kier alpha value is -1.15. The van der Waals surface area contributed by atoms with E-state index in [2.05, 4.69) is 19.1 Å². The van der Waals surface area contributed by atoms with Crippen LogP contribution in [-0.2, 0) is 10.3 Å². The summed E-state index contributed by atoms with van der Waals surface area (Å²) in [7, 11) is 0. The number of hydrogen-bond acceptors (Lipinski definition) is 2. The van der Waals surface area contributed by atoms with Gasteiger partial charge < -0.3 is 10.1 Å². The van der Waals surface area contributed by atoms with E-state index >= 15 is 0 Å². The standard InChI is InChI=1S/C13H17NO/c1-13(11-6-3-2-4-7-11)10-12(14)8-5-9-15-13/h2-4,6-7,14H,5,8-10H2,1H3. The molecule has 2 rings (SSSR count). The van der Waals surface area contributed by atoms with Crippen LogP contribution < -0.4 is 0 Å². The van der Waals surface area contributed by atoms with Crippen molar-refractivity contribution in [3.63, 3.8) is 0 Å². The smallest absolute Gasteiger partial charge is 0.0954 e. The molecule has 0 aromatic heterocycles.